The third-order valence-corrected chi connectivity index (χ3v) is 5.45. The molecule has 1 saturated heterocycles. The second-order valence-corrected chi connectivity index (χ2v) is 7.02. The Morgan fingerprint density at radius 1 is 1.22 bits per heavy atom. The zero-order valence-corrected chi connectivity index (χ0v) is 14.3. The van der Waals surface area contributed by atoms with Gasteiger partial charge in [-0.2, -0.15) is 0 Å². The van der Waals surface area contributed by atoms with Crippen LogP contribution in [0.1, 0.15) is 68.6 Å². The fraction of sp³-hybridized carbons (Fsp3) is 0.684. The summed E-state index contributed by atoms with van der Waals surface area (Å²) in [7, 11) is 0. The number of pyridine rings is 1. The fourth-order valence-corrected chi connectivity index (χ4v) is 3.87. The highest BCUT2D eigenvalue weighted by molar-refractivity contribution is 5.98. The van der Waals surface area contributed by atoms with Crippen LogP contribution in [-0.4, -0.2) is 34.9 Å². The van der Waals surface area contributed by atoms with E-state index in [2.05, 4.69) is 17.2 Å². The van der Waals surface area contributed by atoms with Gasteiger partial charge in [0.1, 0.15) is 5.82 Å². The lowest BCUT2D eigenvalue weighted by molar-refractivity contribution is 0.0725. The first kappa shape index (κ1) is 16.3. The lowest BCUT2D eigenvalue weighted by atomic mass is 9.84. The highest BCUT2D eigenvalue weighted by Crippen LogP contribution is 2.29. The van der Waals surface area contributed by atoms with Crippen LogP contribution < -0.4 is 5.32 Å². The van der Waals surface area contributed by atoms with Crippen molar-refractivity contribution in [2.75, 3.05) is 18.4 Å². The lowest BCUT2D eigenvalue weighted by Gasteiger charge is -2.30. The lowest BCUT2D eigenvalue weighted by Crippen LogP contribution is -2.36. The molecule has 1 aliphatic carbocycles. The third-order valence-electron chi connectivity index (χ3n) is 5.45. The van der Waals surface area contributed by atoms with Crippen molar-refractivity contribution in [3.05, 3.63) is 23.9 Å². The number of rotatable bonds is 4. The first-order valence-corrected chi connectivity index (χ1v) is 9.28. The average Bonchev–Trinajstić information content (AvgIpc) is 2.63. The van der Waals surface area contributed by atoms with E-state index in [0.717, 1.165) is 43.2 Å². The van der Waals surface area contributed by atoms with E-state index in [1.165, 1.54) is 38.5 Å². The Balaban J connectivity index is 1.67. The van der Waals surface area contributed by atoms with E-state index in [9.17, 15) is 4.79 Å². The van der Waals surface area contributed by atoms with Crippen LogP contribution in [0.4, 0.5) is 5.82 Å². The SMILES string of the molecule is CCC1CCC(Nc2ncccc2C(=O)N2CCCCC2)CC1. The van der Waals surface area contributed by atoms with Crippen molar-refractivity contribution in [1.29, 1.82) is 0 Å². The summed E-state index contributed by atoms with van der Waals surface area (Å²) in [6.45, 7) is 4.05. The number of hydrogen-bond donors (Lipinski definition) is 1. The Morgan fingerprint density at radius 2 is 1.96 bits per heavy atom. The zero-order chi connectivity index (χ0) is 16.1. The predicted molar refractivity (Wildman–Crippen MR) is 93.7 cm³/mol. The maximum atomic E-state index is 12.8. The topological polar surface area (TPSA) is 45.2 Å². The summed E-state index contributed by atoms with van der Waals surface area (Å²) < 4.78 is 0. The number of hydrogen-bond acceptors (Lipinski definition) is 3. The highest BCUT2D eigenvalue weighted by Gasteiger charge is 2.24. The van der Waals surface area contributed by atoms with E-state index in [4.69, 9.17) is 0 Å². The molecule has 3 rings (SSSR count). The molecule has 1 amide bonds. The summed E-state index contributed by atoms with van der Waals surface area (Å²) in [4.78, 5) is 19.3. The molecular formula is C19H29N3O. The molecule has 0 bridgehead atoms. The van der Waals surface area contributed by atoms with Crippen LogP contribution in [0.5, 0.6) is 0 Å². The molecular weight excluding hydrogens is 286 g/mol. The van der Waals surface area contributed by atoms with Gasteiger partial charge in [0.05, 0.1) is 5.56 Å². The Labute approximate surface area is 139 Å². The van der Waals surface area contributed by atoms with Crippen molar-refractivity contribution in [2.24, 2.45) is 5.92 Å². The molecule has 0 spiro atoms. The Bertz CT molecular complexity index is 517. The molecule has 2 heterocycles. The second kappa shape index (κ2) is 7.80. The number of piperidine rings is 1. The molecule has 1 aliphatic heterocycles. The van der Waals surface area contributed by atoms with Crippen molar-refractivity contribution in [1.82, 2.24) is 9.88 Å². The van der Waals surface area contributed by atoms with Crippen LogP contribution in [0.25, 0.3) is 0 Å². The largest absolute Gasteiger partial charge is 0.367 e. The molecule has 4 nitrogen and oxygen atoms in total. The van der Waals surface area contributed by atoms with Crippen LogP contribution in [0, 0.1) is 5.92 Å². The third kappa shape index (κ3) is 4.04. The van der Waals surface area contributed by atoms with Gasteiger partial charge in [-0.3, -0.25) is 4.79 Å². The first-order chi connectivity index (χ1) is 11.3. The molecule has 1 aromatic heterocycles. The van der Waals surface area contributed by atoms with Crippen molar-refractivity contribution in [3.63, 3.8) is 0 Å². The maximum absolute atomic E-state index is 12.8. The van der Waals surface area contributed by atoms with Gasteiger partial charge in [0.25, 0.3) is 5.91 Å². The monoisotopic (exact) mass is 315 g/mol. The maximum Gasteiger partial charge on any atom is 0.257 e. The minimum atomic E-state index is 0.141. The van der Waals surface area contributed by atoms with Crippen LogP contribution in [0.3, 0.4) is 0 Å². The Hall–Kier alpha value is -1.58. The number of nitrogens with zero attached hydrogens (tertiary/aromatic N) is 2. The van der Waals surface area contributed by atoms with Crippen LogP contribution in [0.15, 0.2) is 18.3 Å². The van der Waals surface area contributed by atoms with E-state index in [1.54, 1.807) is 6.20 Å². The van der Waals surface area contributed by atoms with E-state index >= 15 is 0 Å². The van der Waals surface area contributed by atoms with Crippen molar-refractivity contribution >= 4 is 11.7 Å². The summed E-state index contributed by atoms with van der Waals surface area (Å²) in [5, 5.41) is 3.56. The smallest absolute Gasteiger partial charge is 0.257 e. The quantitative estimate of drug-likeness (QED) is 0.910. The van der Waals surface area contributed by atoms with Gasteiger partial charge >= 0.3 is 0 Å². The molecule has 4 heteroatoms. The van der Waals surface area contributed by atoms with Crippen LogP contribution >= 0.6 is 0 Å². The van der Waals surface area contributed by atoms with Gasteiger partial charge in [-0.1, -0.05) is 13.3 Å². The fourth-order valence-electron chi connectivity index (χ4n) is 3.87. The van der Waals surface area contributed by atoms with E-state index in [0.29, 0.717) is 6.04 Å². The summed E-state index contributed by atoms with van der Waals surface area (Å²) in [6.07, 6.45) is 11.5. The molecule has 1 aromatic rings. The standard InChI is InChI=1S/C19H29N3O/c1-2-15-8-10-16(11-9-15)21-18-17(7-6-12-20-18)19(23)22-13-4-3-5-14-22/h6-7,12,15-16H,2-5,8-11,13-14H2,1H3,(H,20,21). The predicted octanol–water partition coefficient (Wildman–Crippen LogP) is 4.09. The summed E-state index contributed by atoms with van der Waals surface area (Å²) in [5.41, 5.74) is 0.743. The number of carbonyl (C=O) groups is 1. The van der Waals surface area contributed by atoms with Gasteiger partial charge in [0, 0.05) is 25.3 Å². The van der Waals surface area contributed by atoms with Crippen LogP contribution in [-0.2, 0) is 0 Å². The van der Waals surface area contributed by atoms with Gasteiger partial charge in [0.15, 0.2) is 0 Å². The van der Waals surface area contributed by atoms with Gasteiger partial charge in [-0.25, -0.2) is 4.98 Å². The normalized spacial score (nSPS) is 25.2. The number of anilines is 1. The molecule has 0 atom stereocenters. The molecule has 0 unspecified atom stereocenters. The second-order valence-electron chi connectivity index (χ2n) is 7.02. The minimum Gasteiger partial charge on any atom is -0.367 e. The van der Waals surface area contributed by atoms with Gasteiger partial charge in [0.2, 0.25) is 0 Å². The molecule has 126 valence electrons. The number of amides is 1. The van der Waals surface area contributed by atoms with Crippen molar-refractivity contribution in [3.8, 4) is 0 Å². The number of likely N-dealkylation sites (tertiary alicyclic amines) is 1. The van der Waals surface area contributed by atoms with Gasteiger partial charge in [-0.05, 0) is 63.0 Å². The first-order valence-electron chi connectivity index (χ1n) is 9.28. The average molecular weight is 315 g/mol. The number of aromatic nitrogens is 1. The summed E-state index contributed by atoms with van der Waals surface area (Å²) in [6, 6.07) is 4.25. The van der Waals surface area contributed by atoms with Gasteiger partial charge in [-0.15, -0.1) is 0 Å². The Kier molecular flexibility index (Phi) is 5.52. The number of nitrogens with one attached hydrogen (secondary N) is 1. The molecule has 1 N–H and O–H groups in total. The molecule has 23 heavy (non-hydrogen) atoms. The van der Waals surface area contributed by atoms with Gasteiger partial charge < -0.3 is 10.2 Å². The van der Waals surface area contributed by atoms with E-state index in [-0.39, 0.29) is 5.91 Å². The summed E-state index contributed by atoms with van der Waals surface area (Å²) >= 11 is 0. The highest BCUT2D eigenvalue weighted by atomic mass is 16.2. The minimum absolute atomic E-state index is 0.141. The Morgan fingerprint density at radius 3 is 2.65 bits per heavy atom. The van der Waals surface area contributed by atoms with Crippen molar-refractivity contribution in [2.45, 2.75) is 64.3 Å². The molecule has 0 aromatic carbocycles. The molecule has 2 fully saturated rings. The molecule has 2 aliphatic rings. The zero-order valence-electron chi connectivity index (χ0n) is 14.3. The van der Waals surface area contributed by atoms with Crippen molar-refractivity contribution < 1.29 is 4.79 Å². The molecule has 1 saturated carbocycles. The number of carbonyl (C=O) groups excluding carboxylic acids is 1. The van der Waals surface area contributed by atoms with E-state index in [1.807, 2.05) is 17.0 Å². The molecule has 0 radical (unpaired) electrons. The summed E-state index contributed by atoms with van der Waals surface area (Å²) in [5.74, 6) is 1.80. The van der Waals surface area contributed by atoms with E-state index < -0.39 is 0 Å². The van der Waals surface area contributed by atoms with Crippen LogP contribution in [0.2, 0.25) is 0 Å².